The van der Waals surface area contributed by atoms with Crippen molar-refractivity contribution in [2.45, 2.75) is 40.0 Å². The van der Waals surface area contributed by atoms with Crippen molar-refractivity contribution in [3.63, 3.8) is 0 Å². The fourth-order valence-corrected chi connectivity index (χ4v) is 1.26. The molecule has 0 aromatic heterocycles. The zero-order chi connectivity index (χ0) is 11.7. The molecule has 0 aliphatic carbocycles. The lowest BCUT2D eigenvalue weighted by atomic mass is 10.0. The summed E-state index contributed by atoms with van der Waals surface area (Å²) in [7, 11) is 0. The highest BCUT2D eigenvalue weighted by Gasteiger charge is 1.94. The summed E-state index contributed by atoms with van der Waals surface area (Å²) in [6.07, 6.45) is 3.84. The molecule has 2 heteroatoms. The number of aliphatic carboxylic acids is 1. The van der Waals surface area contributed by atoms with E-state index in [1.165, 1.54) is 30.4 Å². The van der Waals surface area contributed by atoms with Gasteiger partial charge in [-0.25, -0.2) is 0 Å². The van der Waals surface area contributed by atoms with Gasteiger partial charge in [-0.2, -0.15) is 0 Å². The monoisotopic (exact) mass is 208 g/mol. The van der Waals surface area contributed by atoms with E-state index in [1.54, 1.807) is 0 Å². The maximum Gasteiger partial charge on any atom is 0.300 e. The third-order valence-electron chi connectivity index (χ3n) is 2.06. The van der Waals surface area contributed by atoms with Crippen LogP contribution in [0.3, 0.4) is 0 Å². The Hall–Kier alpha value is -1.31. The Morgan fingerprint density at radius 1 is 1.33 bits per heavy atom. The number of aryl methyl sites for hydroxylation is 2. The lowest BCUT2D eigenvalue weighted by molar-refractivity contribution is -0.134. The fraction of sp³-hybridized carbons (Fsp3) is 0.462. The molecule has 2 nitrogen and oxygen atoms in total. The molecule has 0 atom stereocenters. The molecule has 0 saturated carbocycles. The van der Waals surface area contributed by atoms with E-state index in [2.05, 4.69) is 38.1 Å². The highest BCUT2D eigenvalue weighted by molar-refractivity contribution is 5.62. The van der Waals surface area contributed by atoms with Crippen molar-refractivity contribution in [2.75, 3.05) is 0 Å². The van der Waals surface area contributed by atoms with Gasteiger partial charge >= 0.3 is 0 Å². The number of carbonyl (C=O) groups is 1. The molecular formula is C13H20O2. The molecular weight excluding hydrogens is 188 g/mol. The van der Waals surface area contributed by atoms with Crippen LogP contribution in [0.25, 0.3) is 0 Å². The van der Waals surface area contributed by atoms with Crippen LogP contribution in [0.15, 0.2) is 24.3 Å². The smallest absolute Gasteiger partial charge is 0.300 e. The predicted octanol–water partition coefficient (Wildman–Crippen LogP) is 3.43. The summed E-state index contributed by atoms with van der Waals surface area (Å²) in [5.41, 5.74) is 2.94. The number of benzene rings is 1. The predicted molar refractivity (Wildman–Crippen MR) is 63.1 cm³/mol. The SMILES string of the molecule is CC(=O)O.CCCCc1ccccc1C. The van der Waals surface area contributed by atoms with Crippen LogP contribution in [-0.2, 0) is 11.2 Å². The summed E-state index contributed by atoms with van der Waals surface area (Å²) in [6, 6.07) is 8.64. The number of hydrogen-bond donors (Lipinski definition) is 1. The van der Waals surface area contributed by atoms with Crippen LogP contribution >= 0.6 is 0 Å². The number of hydrogen-bond acceptors (Lipinski definition) is 1. The second kappa shape index (κ2) is 8.04. The first-order valence-corrected chi connectivity index (χ1v) is 5.32. The second-order valence-corrected chi connectivity index (χ2v) is 3.55. The average molecular weight is 208 g/mol. The van der Waals surface area contributed by atoms with Gasteiger partial charge < -0.3 is 5.11 Å². The lowest BCUT2D eigenvalue weighted by Gasteiger charge is -2.02. The van der Waals surface area contributed by atoms with Crippen molar-refractivity contribution < 1.29 is 9.90 Å². The van der Waals surface area contributed by atoms with Gasteiger partial charge in [0.25, 0.3) is 5.97 Å². The van der Waals surface area contributed by atoms with Gasteiger partial charge in [0, 0.05) is 6.92 Å². The molecule has 0 aliphatic heterocycles. The zero-order valence-electron chi connectivity index (χ0n) is 9.79. The molecule has 0 unspecified atom stereocenters. The zero-order valence-corrected chi connectivity index (χ0v) is 9.79. The second-order valence-electron chi connectivity index (χ2n) is 3.55. The molecule has 15 heavy (non-hydrogen) atoms. The first kappa shape index (κ1) is 13.7. The van der Waals surface area contributed by atoms with Crippen molar-refractivity contribution in [1.29, 1.82) is 0 Å². The van der Waals surface area contributed by atoms with E-state index in [1.807, 2.05) is 0 Å². The number of carboxylic acids is 1. The van der Waals surface area contributed by atoms with Gasteiger partial charge in [-0.3, -0.25) is 4.79 Å². The van der Waals surface area contributed by atoms with Crippen LogP contribution in [0.1, 0.15) is 37.8 Å². The van der Waals surface area contributed by atoms with Crippen molar-refractivity contribution in [2.24, 2.45) is 0 Å². The molecule has 1 aromatic rings. The Kier molecular flexibility index (Phi) is 7.33. The summed E-state index contributed by atoms with van der Waals surface area (Å²) in [5.74, 6) is -0.833. The summed E-state index contributed by atoms with van der Waals surface area (Å²) in [5, 5.41) is 7.42. The van der Waals surface area contributed by atoms with Gasteiger partial charge in [0.05, 0.1) is 0 Å². The van der Waals surface area contributed by atoms with E-state index in [0.717, 1.165) is 6.92 Å². The molecule has 0 fully saturated rings. The van der Waals surface area contributed by atoms with Gasteiger partial charge in [-0.15, -0.1) is 0 Å². The third kappa shape index (κ3) is 7.74. The first-order valence-electron chi connectivity index (χ1n) is 5.32. The number of unbranched alkanes of at least 4 members (excludes halogenated alkanes) is 1. The molecule has 0 amide bonds. The Labute approximate surface area is 91.9 Å². The third-order valence-corrected chi connectivity index (χ3v) is 2.06. The van der Waals surface area contributed by atoms with Crippen LogP contribution in [-0.4, -0.2) is 11.1 Å². The van der Waals surface area contributed by atoms with Crippen LogP contribution in [0.4, 0.5) is 0 Å². The molecule has 84 valence electrons. The Bertz CT molecular complexity index is 288. The minimum absolute atomic E-state index is 0.833. The van der Waals surface area contributed by atoms with E-state index in [-0.39, 0.29) is 0 Å². The molecule has 0 spiro atoms. The van der Waals surface area contributed by atoms with Crippen LogP contribution in [0.2, 0.25) is 0 Å². The summed E-state index contributed by atoms with van der Waals surface area (Å²) >= 11 is 0. The molecule has 1 aromatic carbocycles. The van der Waals surface area contributed by atoms with Crippen LogP contribution < -0.4 is 0 Å². The van der Waals surface area contributed by atoms with Gasteiger partial charge in [0.1, 0.15) is 0 Å². The lowest BCUT2D eigenvalue weighted by Crippen LogP contribution is -1.87. The van der Waals surface area contributed by atoms with Gasteiger partial charge in [-0.1, -0.05) is 37.6 Å². The summed E-state index contributed by atoms with van der Waals surface area (Å²) in [6.45, 7) is 5.50. The van der Waals surface area contributed by atoms with E-state index >= 15 is 0 Å². The van der Waals surface area contributed by atoms with Crippen molar-refractivity contribution in [1.82, 2.24) is 0 Å². The highest BCUT2D eigenvalue weighted by atomic mass is 16.4. The minimum atomic E-state index is -0.833. The maximum absolute atomic E-state index is 9.00. The molecule has 1 N–H and O–H groups in total. The van der Waals surface area contributed by atoms with Crippen molar-refractivity contribution in [3.8, 4) is 0 Å². The molecule has 0 aliphatic rings. The van der Waals surface area contributed by atoms with E-state index < -0.39 is 5.97 Å². The highest BCUT2D eigenvalue weighted by Crippen LogP contribution is 2.09. The van der Waals surface area contributed by atoms with E-state index in [0.29, 0.717) is 0 Å². The molecule has 0 saturated heterocycles. The van der Waals surface area contributed by atoms with Crippen molar-refractivity contribution in [3.05, 3.63) is 35.4 Å². The van der Waals surface area contributed by atoms with Gasteiger partial charge in [0.15, 0.2) is 0 Å². The van der Waals surface area contributed by atoms with E-state index in [9.17, 15) is 0 Å². The molecule has 0 bridgehead atoms. The number of rotatable bonds is 3. The fourth-order valence-electron chi connectivity index (χ4n) is 1.26. The Balaban J connectivity index is 0.000000423. The molecule has 0 heterocycles. The maximum atomic E-state index is 9.00. The van der Waals surface area contributed by atoms with Gasteiger partial charge in [0.2, 0.25) is 0 Å². The average Bonchev–Trinajstić information content (AvgIpc) is 2.16. The standard InChI is InChI=1S/C11H16.C2H4O2/c1-3-4-8-11-9-6-5-7-10(11)2;1-2(3)4/h5-7,9H,3-4,8H2,1-2H3;1H3,(H,3,4). The van der Waals surface area contributed by atoms with Crippen LogP contribution in [0.5, 0.6) is 0 Å². The first-order chi connectivity index (χ1) is 7.07. The normalized spacial score (nSPS) is 9.00. The summed E-state index contributed by atoms with van der Waals surface area (Å²) < 4.78 is 0. The largest absolute Gasteiger partial charge is 0.481 e. The molecule has 1 rings (SSSR count). The minimum Gasteiger partial charge on any atom is -0.481 e. The van der Waals surface area contributed by atoms with Crippen LogP contribution in [0, 0.1) is 6.92 Å². The topological polar surface area (TPSA) is 37.3 Å². The van der Waals surface area contributed by atoms with Crippen molar-refractivity contribution >= 4 is 5.97 Å². The quantitative estimate of drug-likeness (QED) is 0.826. The van der Waals surface area contributed by atoms with E-state index in [4.69, 9.17) is 9.90 Å². The summed E-state index contributed by atoms with van der Waals surface area (Å²) in [4.78, 5) is 9.00. The Morgan fingerprint density at radius 3 is 2.33 bits per heavy atom. The number of carboxylic acid groups (broad SMARTS) is 1. The Morgan fingerprint density at radius 2 is 1.87 bits per heavy atom. The van der Waals surface area contributed by atoms with Gasteiger partial charge in [-0.05, 0) is 30.9 Å². The molecule has 0 radical (unpaired) electrons.